The van der Waals surface area contributed by atoms with Crippen molar-refractivity contribution in [2.75, 3.05) is 13.4 Å². The van der Waals surface area contributed by atoms with Crippen LogP contribution < -0.4 is 9.57 Å². The maximum absolute atomic E-state index is 10.8. The number of aromatic hydroxyl groups is 1. The molecule has 0 aromatic heterocycles. The molecule has 104 valence electrons. The van der Waals surface area contributed by atoms with Crippen molar-refractivity contribution in [3.05, 3.63) is 27.8 Å². The Balaban J connectivity index is 3.19. The maximum atomic E-state index is 10.8. The Bertz CT molecular complexity index is 625. The number of nitro groups is 1. The average molecular weight is 289 g/mol. The molecule has 0 saturated carbocycles. The van der Waals surface area contributed by atoms with E-state index >= 15 is 0 Å². The molecule has 1 aromatic rings. The number of nitrogens with one attached hydrogen (secondary N) is 1. The molecule has 19 heavy (non-hydrogen) atoms. The fourth-order valence-corrected chi connectivity index (χ4v) is 1.41. The zero-order valence-electron chi connectivity index (χ0n) is 10.0. The van der Waals surface area contributed by atoms with E-state index in [-0.39, 0.29) is 22.7 Å². The number of phenolic OH excluding ortho intramolecular Hbond substituents is 1. The molecule has 0 aliphatic rings. The minimum Gasteiger partial charge on any atom is -0.504 e. The number of sulfonamides is 1. The highest BCUT2D eigenvalue weighted by molar-refractivity contribution is 7.88. The first-order valence-corrected chi connectivity index (χ1v) is 6.69. The molecule has 0 saturated heterocycles. The molecule has 0 fully saturated rings. The normalized spacial score (nSPS) is 11.5. The Hall–Kier alpha value is -2.36. The van der Waals surface area contributed by atoms with Crippen LogP contribution in [0.3, 0.4) is 0 Å². The van der Waals surface area contributed by atoms with Gasteiger partial charge in [-0.2, -0.15) is 5.10 Å². The summed E-state index contributed by atoms with van der Waals surface area (Å²) in [5, 5.41) is 23.7. The van der Waals surface area contributed by atoms with Gasteiger partial charge in [-0.05, 0) is 0 Å². The second-order valence-electron chi connectivity index (χ2n) is 3.46. The largest absolute Gasteiger partial charge is 0.504 e. The SMILES string of the molecule is COc1cc([N+](=O)[O-])cc(C=NNS(C)(=O)=O)c1O. The quantitative estimate of drug-likeness (QED) is 0.452. The third-order valence-electron chi connectivity index (χ3n) is 1.94. The summed E-state index contributed by atoms with van der Waals surface area (Å²) in [4.78, 5) is 11.8. The van der Waals surface area contributed by atoms with Crippen LogP contribution in [0.2, 0.25) is 0 Å². The summed E-state index contributed by atoms with van der Waals surface area (Å²) in [6.45, 7) is 0. The lowest BCUT2D eigenvalue weighted by Gasteiger charge is -2.05. The van der Waals surface area contributed by atoms with Gasteiger partial charge in [0, 0.05) is 11.6 Å². The van der Waals surface area contributed by atoms with E-state index in [1.807, 2.05) is 0 Å². The van der Waals surface area contributed by atoms with Crippen molar-refractivity contribution in [2.45, 2.75) is 0 Å². The minimum atomic E-state index is -3.54. The molecule has 0 aliphatic carbocycles. The molecule has 0 atom stereocenters. The second kappa shape index (κ2) is 5.52. The standard InChI is InChI=1S/C9H11N3O6S/c1-18-8-4-7(12(14)15)3-6(9(8)13)5-10-11-19(2,16)17/h3-5,11,13H,1-2H3. The topological polar surface area (TPSA) is 131 Å². The van der Waals surface area contributed by atoms with Crippen molar-refractivity contribution in [2.24, 2.45) is 5.10 Å². The summed E-state index contributed by atoms with van der Waals surface area (Å²) in [7, 11) is -2.31. The van der Waals surface area contributed by atoms with E-state index in [9.17, 15) is 23.6 Å². The van der Waals surface area contributed by atoms with E-state index in [0.717, 1.165) is 24.6 Å². The average Bonchev–Trinajstić information content (AvgIpc) is 2.29. The molecule has 9 nitrogen and oxygen atoms in total. The predicted octanol–water partition coefficient (Wildman–Crippen LogP) is 0.192. The van der Waals surface area contributed by atoms with E-state index in [4.69, 9.17) is 4.74 Å². The van der Waals surface area contributed by atoms with Crippen LogP contribution in [0.4, 0.5) is 5.69 Å². The zero-order chi connectivity index (χ0) is 14.6. The molecule has 1 rings (SSSR count). The maximum Gasteiger partial charge on any atom is 0.274 e. The first kappa shape index (κ1) is 14.7. The van der Waals surface area contributed by atoms with Crippen LogP contribution in [0.25, 0.3) is 0 Å². The minimum absolute atomic E-state index is 0.0535. The smallest absolute Gasteiger partial charge is 0.274 e. The molecule has 0 bridgehead atoms. The number of benzene rings is 1. The molecule has 0 aliphatic heterocycles. The summed E-state index contributed by atoms with van der Waals surface area (Å²) in [5.41, 5.74) is -0.377. The van der Waals surface area contributed by atoms with Crippen LogP contribution in [0.15, 0.2) is 17.2 Å². The van der Waals surface area contributed by atoms with E-state index < -0.39 is 14.9 Å². The molecule has 0 radical (unpaired) electrons. The van der Waals surface area contributed by atoms with Gasteiger partial charge in [0.2, 0.25) is 10.0 Å². The highest BCUT2D eigenvalue weighted by Crippen LogP contribution is 2.33. The third kappa shape index (κ3) is 4.10. The second-order valence-corrected chi connectivity index (χ2v) is 5.19. The fourth-order valence-electron chi connectivity index (χ4n) is 1.17. The van der Waals surface area contributed by atoms with Crippen molar-refractivity contribution >= 4 is 21.9 Å². The van der Waals surface area contributed by atoms with Crippen LogP contribution >= 0.6 is 0 Å². The number of methoxy groups -OCH3 is 1. The Morgan fingerprint density at radius 1 is 1.53 bits per heavy atom. The van der Waals surface area contributed by atoms with Crippen molar-refractivity contribution in [1.29, 1.82) is 0 Å². The number of phenols is 1. The summed E-state index contributed by atoms with van der Waals surface area (Å²) in [6.07, 6.45) is 1.82. The van der Waals surface area contributed by atoms with Gasteiger partial charge in [0.25, 0.3) is 5.69 Å². The highest BCUT2D eigenvalue weighted by atomic mass is 32.2. The molecule has 0 heterocycles. The number of hydrogen-bond acceptors (Lipinski definition) is 7. The summed E-state index contributed by atoms with van der Waals surface area (Å²) in [6, 6.07) is 2.07. The Labute approximate surface area is 108 Å². The summed E-state index contributed by atoms with van der Waals surface area (Å²) < 4.78 is 26.3. The number of ether oxygens (including phenoxy) is 1. The van der Waals surface area contributed by atoms with E-state index in [0.29, 0.717) is 0 Å². The van der Waals surface area contributed by atoms with Gasteiger partial charge < -0.3 is 9.84 Å². The van der Waals surface area contributed by atoms with Crippen molar-refractivity contribution < 1.29 is 23.2 Å². The van der Waals surface area contributed by atoms with Crippen LogP contribution in [-0.2, 0) is 10.0 Å². The van der Waals surface area contributed by atoms with E-state index in [1.54, 1.807) is 4.83 Å². The van der Waals surface area contributed by atoms with Gasteiger partial charge in [0.05, 0.1) is 30.6 Å². The van der Waals surface area contributed by atoms with Crippen molar-refractivity contribution in [3.8, 4) is 11.5 Å². The first-order chi connectivity index (χ1) is 8.74. The van der Waals surface area contributed by atoms with E-state index in [2.05, 4.69) is 5.10 Å². The first-order valence-electron chi connectivity index (χ1n) is 4.80. The van der Waals surface area contributed by atoms with Gasteiger partial charge >= 0.3 is 0 Å². The molecule has 0 amide bonds. The van der Waals surface area contributed by atoms with Gasteiger partial charge in [-0.1, -0.05) is 0 Å². The van der Waals surface area contributed by atoms with Gasteiger partial charge in [-0.3, -0.25) is 10.1 Å². The fraction of sp³-hybridized carbons (Fsp3) is 0.222. The Morgan fingerprint density at radius 3 is 2.63 bits per heavy atom. The Kier molecular flexibility index (Phi) is 4.27. The van der Waals surface area contributed by atoms with Gasteiger partial charge in [0.1, 0.15) is 0 Å². The van der Waals surface area contributed by atoms with Crippen molar-refractivity contribution in [3.63, 3.8) is 0 Å². The molecule has 10 heteroatoms. The van der Waals surface area contributed by atoms with Crippen LogP contribution in [-0.4, -0.2) is 38.0 Å². The monoisotopic (exact) mass is 289 g/mol. The lowest BCUT2D eigenvalue weighted by atomic mass is 10.2. The van der Waals surface area contributed by atoms with Gasteiger partial charge in [0.15, 0.2) is 11.5 Å². The van der Waals surface area contributed by atoms with E-state index in [1.165, 1.54) is 7.11 Å². The lowest BCUT2D eigenvalue weighted by Crippen LogP contribution is -2.15. The zero-order valence-corrected chi connectivity index (χ0v) is 10.8. The Morgan fingerprint density at radius 2 is 2.16 bits per heavy atom. The number of nitrogens with zero attached hydrogens (tertiary/aromatic N) is 2. The lowest BCUT2D eigenvalue weighted by molar-refractivity contribution is -0.385. The summed E-state index contributed by atoms with van der Waals surface area (Å²) >= 11 is 0. The molecule has 2 N–H and O–H groups in total. The van der Waals surface area contributed by atoms with Gasteiger partial charge in [-0.15, -0.1) is 0 Å². The number of nitro benzene ring substituents is 1. The molecular formula is C9H11N3O6S. The summed E-state index contributed by atoms with van der Waals surface area (Å²) in [5.74, 6) is -0.498. The highest BCUT2D eigenvalue weighted by Gasteiger charge is 2.15. The van der Waals surface area contributed by atoms with Crippen LogP contribution in [0.1, 0.15) is 5.56 Å². The molecule has 0 unspecified atom stereocenters. The third-order valence-corrected chi connectivity index (χ3v) is 2.38. The molecular weight excluding hydrogens is 278 g/mol. The van der Waals surface area contributed by atoms with Gasteiger partial charge in [-0.25, -0.2) is 13.2 Å². The van der Waals surface area contributed by atoms with Crippen LogP contribution in [0.5, 0.6) is 11.5 Å². The van der Waals surface area contributed by atoms with Crippen molar-refractivity contribution in [1.82, 2.24) is 4.83 Å². The number of rotatable bonds is 5. The van der Waals surface area contributed by atoms with Crippen LogP contribution in [0, 0.1) is 10.1 Å². The number of non-ortho nitro benzene ring substituents is 1. The number of hydrogen-bond donors (Lipinski definition) is 2. The number of hydrazone groups is 1. The predicted molar refractivity (Wildman–Crippen MR) is 66.9 cm³/mol. The molecule has 1 aromatic carbocycles. The molecule has 0 spiro atoms.